The van der Waals surface area contributed by atoms with Gasteiger partial charge in [-0.2, -0.15) is 0 Å². The molecule has 0 radical (unpaired) electrons. The topological polar surface area (TPSA) is 50.7 Å². The summed E-state index contributed by atoms with van der Waals surface area (Å²) in [5.41, 5.74) is 0. The maximum Gasteiger partial charge on any atom is 0.120 e. The van der Waals surface area contributed by atoms with Crippen molar-refractivity contribution < 1.29 is 14.6 Å². The van der Waals surface area contributed by atoms with Gasteiger partial charge in [-0.25, -0.2) is 0 Å². The van der Waals surface area contributed by atoms with Crippen LogP contribution in [0.2, 0.25) is 0 Å². The van der Waals surface area contributed by atoms with E-state index in [0.29, 0.717) is 13.2 Å². The predicted octanol–water partition coefficient (Wildman–Crippen LogP) is 2.60. The molecule has 0 amide bonds. The van der Waals surface area contributed by atoms with Crippen LogP contribution in [0.5, 0.6) is 5.75 Å². The van der Waals surface area contributed by atoms with Crippen molar-refractivity contribution >= 4 is 15.9 Å². The Balaban J connectivity index is 2.01. The number of rotatable bonds is 11. The molecule has 0 heterocycles. The molecular weight excluding hydrogens is 322 g/mol. The van der Waals surface area contributed by atoms with E-state index in [2.05, 4.69) is 28.2 Å². The van der Waals surface area contributed by atoms with Gasteiger partial charge >= 0.3 is 0 Å². The Bertz CT molecular complexity index is 363. The normalized spacial score (nSPS) is 12.3. The smallest absolute Gasteiger partial charge is 0.120 e. The minimum absolute atomic E-state index is 0.278. The van der Waals surface area contributed by atoms with Crippen LogP contribution in [-0.2, 0) is 4.74 Å². The molecule has 0 bridgehead atoms. The van der Waals surface area contributed by atoms with E-state index in [0.717, 1.165) is 36.2 Å². The van der Waals surface area contributed by atoms with Crippen molar-refractivity contribution in [2.45, 2.75) is 25.9 Å². The number of hydrogen-bond donors (Lipinski definition) is 2. The number of hydrogen-bond acceptors (Lipinski definition) is 4. The molecule has 0 aromatic heterocycles. The number of halogens is 1. The van der Waals surface area contributed by atoms with Crippen LogP contribution < -0.4 is 10.1 Å². The highest BCUT2D eigenvalue weighted by molar-refractivity contribution is 9.10. The summed E-state index contributed by atoms with van der Waals surface area (Å²) in [5.74, 6) is 0.751. The Kier molecular flexibility index (Phi) is 9.66. The lowest BCUT2D eigenvalue weighted by molar-refractivity contribution is 0.0982. The summed E-state index contributed by atoms with van der Waals surface area (Å²) >= 11 is 3.38. The zero-order valence-corrected chi connectivity index (χ0v) is 13.6. The molecule has 114 valence electrons. The SMILES string of the molecule is CCCCOCCNCC(O)COc1cccc(Br)c1. The van der Waals surface area contributed by atoms with Crippen LogP contribution in [0.25, 0.3) is 0 Å². The van der Waals surface area contributed by atoms with Crippen molar-refractivity contribution in [3.8, 4) is 5.75 Å². The molecule has 1 aromatic rings. The number of unbranched alkanes of at least 4 members (excludes halogenated alkanes) is 1. The molecule has 0 spiro atoms. The van der Waals surface area contributed by atoms with Gasteiger partial charge in [-0.15, -0.1) is 0 Å². The van der Waals surface area contributed by atoms with E-state index in [9.17, 15) is 5.11 Å². The van der Waals surface area contributed by atoms with Crippen LogP contribution in [0.15, 0.2) is 28.7 Å². The Morgan fingerprint density at radius 3 is 2.95 bits per heavy atom. The largest absolute Gasteiger partial charge is 0.491 e. The van der Waals surface area contributed by atoms with Gasteiger partial charge in [0.15, 0.2) is 0 Å². The van der Waals surface area contributed by atoms with Crippen LogP contribution >= 0.6 is 15.9 Å². The van der Waals surface area contributed by atoms with Crippen molar-refractivity contribution in [2.75, 3.05) is 32.9 Å². The third kappa shape index (κ3) is 8.53. The minimum atomic E-state index is -0.523. The van der Waals surface area contributed by atoms with Gasteiger partial charge in [0.25, 0.3) is 0 Å². The molecule has 20 heavy (non-hydrogen) atoms. The highest BCUT2D eigenvalue weighted by atomic mass is 79.9. The van der Waals surface area contributed by atoms with Crippen molar-refractivity contribution in [2.24, 2.45) is 0 Å². The van der Waals surface area contributed by atoms with E-state index in [1.165, 1.54) is 0 Å². The molecule has 1 rings (SSSR count). The molecule has 2 N–H and O–H groups in total. The Hall–Kier alpha value is -0.620. The van der Waals surface area contributed by atoms with Crippen LogP contribution in [-0.4, -0.2) is 44.1 Å². The summed E-state index contributed by atoms with van der Waals surface area (Å²) < 4.78 is 11.9. The zero-order valence-electron chi connectivity index (χ0n) is 12.0. The molecule has 0 aliphatic heterocycles. The quantitative estimate of drug-likeness (QED) is 0.605. The van der Waals surface area contributed by atoms with Gasteiger partial charge < -0.3 is 19.9 Å². The molecule has 0 saturated carbocycles. The maximum atomic E-state index is 9.78. The van der Waals surface area contributed by atoms with Crippen LogP contribution in [0.3, 0.4) is 0 Å². The highest BCUT2D eigenvalue weighted by Crippen LogP contribution is 2.17. The van der Waals surface area contributed by atoms with E-state index in [4.69, 9.17) is 9.47 Å². The standard InChI is InChI=1S/C15H24BrNO3/c1-2-3-8-19-9-7-17-11-14(18)12-20-15-6-4-5-13(16)10-15/h4-6,10,14,17-18H,2-3,7-9,11-12H2,1H3. The van der Waals surface area contributed by atoms with Gasteiger partial charge in [-0.05, 0) is 24.6 Å². The van der Waals surface area contributed by atoms with Gasteiger partial charge in [-0.1, -0.05) is 35.3 Å². The van der Waals surface area contributed by atoms with E-state index >= 15 is 0 Å². The lowest BCUT2D eigenvalue weighted by atomic mass is 10.3. The average molecular weight is 346 g/mol. The molecule has 4 nitrogen and oxygen atoms in total. The molecule has 0 saturated heterocycles. The van der Waals surface area contributed by atoms with E-state index < -0.39 is 6.10 Å². The van der Waals surface area contributed by atoms with Crippen LogP contribution in [0.4, 0.5) is 0 Å². The van der Waals surface area contributed by atoms with Crippen molar-refractivity contribution in [1.29, 1.82) is 0 Å². The summed E-state index contributed by atoms with van der Waals surface area (Å²) in [7, 11) is 0. The van der Waals surface area contributed by atoms with Crippen molar-refractivity contribution in [3.63, 3.8) is 0 Å². The molecule has 1 atom stereocenters. The van der Waals surface area contributed by atoms with Gasteiger partial charge in [0, 0.05) is 24.2 Å². The third-order valence-electron chi connectivity index (χ3n) is 2.68. The molecule has 0 aliphatic rings. The van der Waals surface area contributed by atoms with Gasteiger partial charge in [0.2, 0.25) is 0 Å². The zero-order chi connectivity index (χ0) is 14.6. The lowest BCUT2D eigenvalue weighted by Crippen LogP contribution is -2.33. The average Bonchev–Trinajstić information content (AvgIpc) is 2.44. The monoisotopic (exact) mass is 345 g/mol. The van der Waals surface area contributed by atoms with Gasteiger partial charge in [-0.3, -0.25) is 0 Å². The first-order valence-electron chi connectivity index (χ1n) is 7.07. The third-order valence-corrected chi connectivity index (χ3v) is 3.18. The van der Waals surface area contributed by atoms with E-state index in [1.54, 1.807) is 0 Å². The second kappa shape index (κ2) is 11.1. The molecule has 1 unspecified atom stereocenters. The second-order valence-corrected chi connectivity index (χ2v) is 5.51. The number of nitrogens with one attached hydrogen (secondary N) is 1. The fraction of sp³-hybridized carbons (Fsp3) is 0.600. The molecule has 0 fully saturated rings. The van der Waals surface area contributed by atoms with Crippen LogP contribution in [0.1, 0.15) is 19.8 Å². The van der Waals surface area contributed by atoms with Gasteiger partial charge in [0.05, 0.1) is 6.61 Å². The summed E-state index contributed by atoms with van der Waals surface area (Å²) in [6.07, 6.45) is 1.73. The van der Waals surface area contributed by atoms with Crippen molar-refractivity contribution in [3.05, 3.63) is 28.7 Å². The second-order valence-electron chi connectivity index (χ2n) is 4.59. The molecule has 1 aromatic carbocycles. The number of aliphatic hydroxyl groups is 1. The Morgan fingerprint density at radius 1 is 1.35 bits per heavy atom. The number of benzene rings is 1. The van der Waals surface area contributed by atoms with Crippen LogP contribution in [0, 0.1) is 0 Å². The van der Waals surface area contributed by atoms with Gasteiger partial charge in [0.1, 0.15) is 18.5 Å². The Labute approximate surface area is 129 Å². The summed E-state index contributed by atoms with van der Waals surface area (Å²) in [6.45, 7) is 5.16. The summed E-state index contributed by atoms with van der Waals surface area (Å²) in [4.78, 5) is 0. The van der Waals surface area contributed by atoms with Crippen molar-refractivity contribution in [1.82, 2.24) is 5.32 Å². The molecule has 5 heteroatoms. The van der Waals surface area contributed by atoms with E-state index in [1.807, 2.05) is 24.3 Å². The fourth-order valence-electron chi connectivity index (χ4n) is 1.57. The predicted molar refractivity (Wildman–Crippen MR) is 84.2 cm³/mol. The fourth-order valence-corrected chi connectivity index (χ4v) is 1.95. The number of aliphatic hydroxyl groups excluding tert-OH is 1. The maximum absolute atomic E-state index is 9.78. The lowest BCUT2D eigenvalue weighted by Gasteiger charge is -2.13. The first-order valence-corrected chi connectivity index (χ1v) is 7.86. The highest BCUT2D eigenvalue weighted by Gasteiger charge is 2.04. The molecule has 0 aliphatic carbocycles. The first-order chi connectivity index (χ1) is 9.72. The minimum Gasteiger partial charge on any atom is -0.491 e. The Morgan fingerprint density at radius 2 is 2.20 bits per heavy atom. The first kappa shape index (κ1) is 17.4. The summed E-state index contributed by atoms with van der Waals surface area (Å²) in [6, 6.07) is 7.58. The number of ether oxygens (including phenoxy) is 2. The van der Waals surface area contributed by atoms with E-state index in [-0.39, 0.29) is 6.61 Å². The molecular formula is C15H24BrNO3. The summed E-state index contributed by atoms with van der Waals surface area (Å²) in [5, 5.41) is 12.9.